The summed E-state index contributed by atoms with van der Waals surface area (Å²) in [4.78, 5) is 22.0. The Kier molecular flexibility index (Phi) is 2.85. The quantitative estimate of drug-likeness (QED) is 0.877. The molecule has 0 saturated heterocycles. The number of aromatic carboxylic acids is 1. The van der Waals surface area contributed by atoms with Gasteiger partial charge in [-0.3, -0.25) is 4.79 Å². The van der Waals surface area contributed by atoms with E-state index in [1.807, 2.05) is 6.07 Å². The van der Waals surface area contributed by atoms with Crippen LogP contribution in [0.25, 0.3) is 10.1 Å². The summed E-state index contributed by atoms with van der Waals surface area (Å²) in [5.74, 6) is -1.88. The van der Waals surface area contributed by atoms with Crippen LogP contribution in [0, 0.1) is 6.92 Å². The lowest BCUT2D eigenvalue weighted by Gasteiger charge is -2.01. The first-order valence-corrected chi connectivity index (χ1v) is 5.78. The molecule has 1 aromatic carbocycles. The first-order valence-electron chi connectivity index (χ1n) is 4.96. The summed E-state index contributed by atoms with van der Waals surface area (Å²) in [6.07, 6.45) is -0.0893. The van der Waals surface area contributed by atoms with Crippen molar-refractivity contribution < 1.29 is 19.8 Å². The Hall–Kier alpha value is -1.88. The zero-order chi connectivity index (χ0) is 12.6. The van der Waals surface area contributed by atoms with Crippen LogP contribution in [-0.4, -0.2) is 22.2 Å². The largest absolute Gasteiger partial charge is 0.481 e. The molecule has 0 unspecified atom stereocenters. The van der Waals surface area contributed by atoms with E-state index in [2.05, 4.69) is 0 Å². The smallest absolute Gasteiger partial charge is 0.346 e. The summed E-state index contributed by atoms with van der Waals surface area (Å²) in [6, 6.07) is 5.29. The third kappa shape index (κ3) is 2.01. The number of carboxylic acid groups (broad SMARTS) is 2. The standard InChI is InChI=1S/C12H10O4S/c1-6-10-7(5-9(13)14)3-2-4-8(10)17-11(6)12(15)16/h2-4H,5H2,1H3,(H,13,14)(H,15,16). The number of hydrogen-bond acceptors (Lipinski definition) is 3. The van der Waals surface area contributed by atoms with Gasteiger partial charge in [0, 0.05) is 10.1 Å². The second-order valence-electron chi connectivity index (χ2n) is 3.72. The van der Waals surface area contributed by atoms with E-state index in [-0.39, 0.29) is 11.3 Å². The molecule has 88 valence electrons. The fraction of sp³-hybridized carbons (Fsp3) is 0.167. The molecule has 0 aliphatic carbocycles. The highest BCUT2D eigenvalue weighted by atomic mass is 32.1. The van der Waals surface area contributed by atoms with Crippen LogP contribution in [0.3, 0.4) is 0 Å². The molecular formula is C12H10O4S. The fourth-order valence-electron chi connectivity index (χ4n) is 1.90. The van der Waals surface area contributed by atoms with Gasteiger partial charge in [-0.15, -0.1) is 11.3 Å². The Labute approximate surface area is 101 Å². The van der Waals surface area contributed by atoms with Gasteiger partial charge in [-0.05, 0) is 24.1 Å². The summed E-state index contributed by atoms with van der Waals surface area (Å²) in [6.45, 7) is 1.72. The molecule has 2 N–H and O–H groups in total. The van der Waals surface area contributed by atoms with E-state index in [4.69, 9.17) is 10.2 Å². The predicted octanol–water partition coefficient (Wildman–Crippen LogP) is 2.54. The van der Waals surface area contributed by atoms with Gasteiger partial charge in [0.05, 0.1) is 6.42 Å². The molecule has 0 aliphatic rings. The molecular weight excluding hydrogens is 240 g/mol. The number of hydrogen-bond donors (Lipinski definition) is 2. The molecule has 0 radical (unpaired) electrons. The Bertz CT molecular complexity index is 612. The van der Waals surface area contributed by atoms with Crippen molar-refractivity contribution in [2.75, 3.05) is 0 Å². The molecule has 1 aromatic heterocycles. The van der Waals surface area contributed by atoms with E-state index in [0.717, 1.165) is 10.1 Å². The molecule has 0 aliphatic heterocycles. The van der Waals surface area contributed by atoms with Crippen LogP contribution in [0.4, 0.5) is 0 Å². The maximum absolute atomic E-state index is 11.0. The molecule has 1 heterocycles. The van der Waals surface area contributed by atoms with Crippen LogP contribution in [0.5, 0.6) is 0 Å². The van der Waals surface area contributed by atoms with Gasteiger partial charge in [0.15, 0.2) is 0 Å². The van der Waals surface area contributed by atoms with Crippen molar-refractivity contribution >= 4 is 33.4 Å². The second kappa shape index (κ2) is 4.18. The Morgan fingerprint density at radius 1 is 1.29 bits per heavy atom. The normalized spacial score (nSPS) is 10.6. The summed E-state index contributed by atoms with van der Waals surface area (Å²) >= 11 is 1.18. The van der Waals surface area contributed by atoms with Crippen molar-refractivity contribution in [3.8, 4) is 0 Å². The predicted molar refractivity (Wildman–Crippen MR) is 64.9 cm³/mol. The monoisotopic (exact) mass is 250 g/mol. The van der Waals surface area contributed by atoms with Crippen LogP contribution in [0.1, 0.15) is 20.8 Å². The summed E-state index contributed by atoms with van der Waals surface area (Å²) in [7, 11) is 0. The van der Waals surface area contributed by atoms with Crippen LogP contribution in [0.2, 0.25) is 0 Å². The lowest BCUT2D eigenvalue weighted by Crippen LogP contribution is -2.01. The number of benzene rings is 1. The number of thiophene rings is 1. The first kappa shape index (κ1) is 11.6. The van der Waals surface area contributed by atoms with Gasteiger partial charge in [-0.2, -0.15) is 0 Å². The first-order chi connectivity index (χ1) is 8.00. The van der Waals surface area contributed by atoms with Gasteiger partial charge in [-0.1, -0.05) is 12.1 Å². The number of aryl methyl sites for hydroxylation is 1. The molecule has 5 heteroatoms. The summed E-state index contributed by atoms with van der Waals surface area (Å²) in [5.41, 5.74) is 1.31. The maximum Gasteiger partial charge on any atom is 0.346 e. The minimum absolute atomic E-state index is 0.0893. The molecule has 0 spiro atoms. The van der Waals surface area contributed by atoms with Crippen LogP contribution >= 0.6 is 11.3 Å². The van der Waals surface area contributed by atoms with Crippen molar-refractivity contribution in [2.45, 2.75) is 13.3 Å². The molecule has 0 saturated carbocycles. The highest BCUT2D eigenvalue weighted by Gasteiger charge is 2.17. The number of fused-ring (bicyclic) bond motifs is 1. The van der Waals surface area contributed by atoms with Crippen molar-refractivity contribution in [3.63, 3.8) is 0 Å². The van der Waals surface area contributed by atoms with Crippen LogP contribution in [0.15, 0.2) is 18.2 Å². The van der Waals surface area contributed by atoms with Crippen molar-refractivity contribution in [1.29, 1.82) is 0 Å². The van der Waals surface area contributed by atoms with Crippen LogP contribution < -0.4 is 0 Å². The van der Waals surface area contributed by atoms with Crippen molar-refractivity contribution in [1.82, 2.24) is 0 Å². The third-order valence-electron chi connectivity index (χ3n) is 2.58. The highest BCUT2D eigenvalue weighted by molar-refractivity contribution is 7.21. The van der Waals surface area contributed by atoms with Gasteiger partial charge in [0.25, 0.3) is 0 Å². The Morgan fingerprint density at radius 2 is 2.00 bits per heavy atom. The lowest BCUT2D eigenvalue weighted by atomic mass is 10.0. The molecule has 0 fully saturated rings. The minimum atomic E-state index is -0.968. The molecule has 17 heavy (non-hydrogen) atoms. The van der Waals surface area contributed by atoms with E-state index < -0.39 is 11.9 Å². The van der Waals surface area contributed by atoms with E-state index >= 15 is 0 Å². The average molecular weight is 250 g/mol. The minimum Gasteiger partial charge on any atom is -0.481 e. The van der Waals surface area contributed by atoms with Crippen LogP contribution in [-0.2, 0) is 11.2 Å². The molecule has 2 rings (SSSR count). The number of aliphatic carboxylic acids is 1. The van der Waals surface area contributed by atoms with E-state index in [1.165, 1.54) is 11.3 Å². The van der Waals surface area contributed by atoms with E-state index in [1.54, 1.807) is 19.1 Å². The van der Waals surface area contributed by atoms with Crippen molar-refractivity contribution in [3.05, 3.63) is 34.2 Å². The molecule has 4 nitrogen and oxygen atoms in total. The molecule has 2 aromatic rings. The third-order valence-corrected chi connectivity index (χ3v) is 3.82. The zero-order valence-corrected chi connectivity index (χ0v) is 9.87. The summed E-state index contributed by atoms with van der Waals surface area (Å²) < 4.78 is 0.818. The highest BCUT2D eigenvalue weighted by Crippen LogP contribution is 2.33. The molecule has 0 amide bonds. The maximum atomic E-state index is 11.0. The topological polar surface area (TPSA) is 74.6 Å². The SMILES string of the molecule is Cc1c(C(=O)O)sc2cccc(CC(=O)O)c12. The Balaban J connectivity index is 2.70. The molecule has 0 bridgehead atoms. The van der Waals surface area contributed by atoms with Gasteiger partial charge in [0.1, 0.15) is 4.88 Å². The summed E-state index contributed by atoms with van der Waals surface area (Å²) in [5, 5.41) is 18.6. The molecule has 0 atom stereocenters. The Morgan fingerprint density at radius 3 is 2.59 bits per heavy atom. The lowest BCUT2D eigenvalue weighted by molar-refractivity contribution is -0.136. The number of carbonyl (C=O) groups is 2. The zero-order valence-electron chi connectivity index (χ0n) is 9.06. The average Bonchev–Trinajstić information content (AvgIpc) is 2.56. The van der Waals surface area contributed by atoms with Gasteiger partial charge >= 0.3 is 11.9 Å². The van der Waals surface area contributed by atoms with Gasteiger partial charge < -0.3 is 10.2 Å². The van der Waals surface area contributed by atoms with E-state index in [0.29, 0.717) is 11.1 Å². The van der Waals surface area contributed by atoms with Gasteiger partial charge in [-0.25, -0.2) is 4.79 Å². The fourth-order valence-corrected chi connectivity index (χ4v) is 3.00. The van der Waals surface area contributed by atoms with Crippen molar-refractivity contribution in [2.24, 2.45) is 0 Å². The second-order valence-corrected chi connectivity index (χ2v) is 4.77. The van der Waals surface area contributed by atoms with Gasteiger partial charge in [0.2, 0.25) is 0 Å². The number of carboxylic acids is 2. The number of rotatable bonds is 3. The van der Waals surface area contributed by atoms with E-state index in [9.17, 15) is 9.59 Å².